The molecule has 1 aromatic rings. The van der Waals surface area contributed by atoms with Crippen molar-refractivity contribution in [2.75, 3.05) is 18.0 Å². The van der Waals surface area contributed by atoms with Gasteiger partial charge in [0.2, 0.25) is 5.91 Å². The Bertz CT molecular complexity index is 542. The summed E-state index contributed by atoms with van der Waals surface area (Å²) >= 11 is 0. The second-order valence-corrected chi connectivity index (χ2v) is 5.41. The van der Waals surface area contributed by atoms with Crippen molar-refractivity contribution in [1.29, 1.82) is 0 Å². The van der Waals surface area contributed by atoms with Crippen molar-refractivity contribution in [3.05, 3.63) is 29.3 Å². The molecule has 1 saturated heterocycles. The van der Waals surface area contributed by atoms with E-state index in [9.17, 15) is 9.59 Å². The lowest BCUT2D eigenvalue weighted by molar-refractivity contribution is -0.119. The third-order valence-corrected chi connectivity index (χ3v) is 3.62. The predicted molar refractivity (Wildman–Crippen MR) is 81.5 cm³/mol. The van der Waals surface area contributed by atoms with Crippen molar-refractivity contribution in [3.63, 3.8) is 0 Å². The molecule has 1 heterocycles. The number of rotatable bonds is 5. The van der Waals surface area contributed by atoms with Crippen molar-refractivity contribution >= 4 is 17.7 Å². The first-order chi connectivity index (χ1) is 10.0. The van der Waals surface area contributed by atoms with Crippen LogP contribution < -0.4 is 10.2 Å². The Hall–Kier alpha value is -2.04. The van der Waals surface area contributed by atoms with E-state index in [1.54, 1.807) is 4.90 Å². The number of carbonyl (C=O) groups is 2. The first kappa shape index (κ1) is 15.4. The molecule has 2 amide bonds. The fourth-order valence-electron chi connectivity index (χ4n) is 2.46. The van der Waals surface area contributed by atoms with Gasteiger partial charge in [0.25, 0.3) is 0 Å². The summed E-state index contributed by atoms with van der Waals surface area (Å²) in [5.74, 6) is -0.120. The van der Waals surface area contributed by atoms with Gasteiger partial charge in [0, 0.05) is 12.6 Å². The van der Waals surface area contributed by atoms with Gasteiger partial charge in [-0.2, -0.15) is 0 Å². The smallest absolute Gasteiger partial charge is 0.414 e. The van der Waals surface area contributed by atoms with Crippen LogP contribution >= 0.6 is 0 Å². The van der Waals surface area contributed by atoms with Gasteiger partial charge in [-0.3, -0.25) is 9.69 Å². The number of nitrogens with zero attached hydrogens (tertiary/aromatic N) is 1. The first-order valence-electron chi connectivity index (χ1n) is 7.33. The summed E-state index contributed by atoms with van der Waals surface area (Å²) in [4.78, 5) is 24.5. The van der Waals surface area contributed by atoms with Crippen LogP contribution in [0.25, 0.3) is 0 Å². The fourth-order valence-corrected chi connectivity index (χ4v) is 2.46. The van der Waals surface area contributed by atoms with Crippen LogP contribution in [0.2, 0.25) is 0 Å². The van der Waals surface area contributed by atoms with E-state index >= 15 is 0 Å². The minimum atomic E-state index is -0.350. The van der Waals surface area contributed by atoms with Crippen molar-refractivity contribution in [3.8, 4) is 0 Å². The van der Waals surface area contributed by atoms with E-state index in [1.165, 1.54) is 18.1 Å². The summed E-state index contributed by atoms with van der Waals surface area (Å²) in [5.41, 5.74) is 3.36. The van der Waals surface area contributed by atoms with Gasteiger partial charge in [0.15, 0.2) is 0 Å². The van der Waals surface area contributed by atoms with Crippen LogP contribution in [0, 0.1) is 6.92 Å². The number of nitrogens with one attached hydrogen (secondary N) is 1. The van der Waals surface area contributed by atoms with E-state index in [0.717, 1.165) is 18.5 Å². The Morgan fingerprint density at radius 3 is 2.90 bits per heavy atom. The van der Waals surface area contributed by atoms with Gasteiger partial charge in [-0.05, 0) is 36.6 Å². The molecular formula is C16H22N2O3. The molecule has 114 valence electrons. The van der Waals surface area contributed by atoms with Crippen molar-refractivity contribution in [1.82, 2.24) is 5.32 Å². The maximum absolute atomic E-state index is 12.0. The van der Waals surface area contributed by atoms with Gasteiger partial charge >= 0.3 is 6.09 Å². The molecule has 0 bridgehead atoms. The van der Waals surface area contributed by atoms with E-state index < -0.39 is 0 Å². The van der Waals surface area contributed by atoms with Crippen LogP contribution in [0.4, 0.5) is 10.5 Å². The molecule has 0 aromatic heterocycles. The van der Waals surface area contributed by atoms with E-state index in [0.29, 0.717) is 13.1 Å². The Balaban J connectivity index is 2.09. The molecular weight excluding hydrogens is 268 g/mol. The average Bonchev–Trinajstić information content (AvgIpc) is 2.80. The normalized spacial score (nSPS) is 17.8. The third-order valence-electron chi connectivity index (χ3n) is 3.62. The molecule has 0 aliphatic carbocycles. The Kier molecular flexibility index (Phi) is 4.83. The summed E-state index contributed by atoms with van der Waals surface area (Å²) in [7, 11) is 0. The Labute approximate surface area is 125 Å². The van der Waals surface area contributed by atoms with Crippen LogP contribution in [-0.4, -0.2) is 31.2 Å². The van der Waals surface area contributed by atoms with E-state index in [2.05, 4.69) is 25.2 Å². The average molecular weight is 290 g/mol. The zero-order valence-electron chi connectivity index (χ0n) is 12.8. The van der Waals surface area contributed by atoms with Crippen LogP contribution in [0.1, 0.15) is 31.4 Å². The number of carbonyl (C=O) groups excluding carboxylic acids is 2. The number of hydrogen-bond acceptors (Lipinski definition) is 3. The lowest BCUT2D eigenvalue weighted by Gasteiger charge is -2.15. The molecule has 1 aliphatic heterocycles. The topological polar surface area (TPSA) is 58.6 Å². The number of anilines is 1. The number of amides is 2. The third kappa shape index (κ3) is 3.74. The first-order valence-corrected chi connectivity index (χ1v) is 7.33. The molecule has 1 aromatic carbocycles. The number of benzene rings is 1. The summed E-state index contributed by atoms with van der Waals surface area (Å²) in [6, 6.07) is 6.03. The maximum Gasteiger partial charge on any atom is 0.414 e. The Morgan fingerprint density at radius 1 is 1.48 bits per heavy atom. The highest BCUT2D eigenvalue weighted by Crippen LogP contribution is 2.25. The predicted octanol–water partition coefficient (Wildman–Crippen LogP) is 2.41. The van der Waals surface area contributed by atoms with Crippen molar-refractivity contribution in [2.45, 2.75) is 39.7 Å². The van der Waals surface area contributed by atoms with Crippen LogP contribution in [0.5, 0.6) is 0 Å². The molecule has 2 rings (SSSR count). The number of ether oxygens (including phenoxy) is 1. The molecule has 5 heteroatoms. The SMILES string of the molecule is CCCc1cc(N2C[C@H](CNC(C)=O)OC2=O)ccc1C. The van der Waals surface area contributed by atoms with Crippen molar-refractivity contribution < 1.29 is 14.3 Å². The van der Waals surface area contributed by atoms with Crippen LogP contribution in [-0.2, 0) is 16.0 Å². The highest BCUT2D eigenvalue weighted by atomic mass is 16.6. The van der Waals surface area contributed by atoms with Gasteiger partial charge in [-0.1, -0.05) is 19.4 Å². The summed E-state index contributed by atoms with van der Waals surface area (Å²) in [6.07, 6.45) is 1.42. The fraction of sp³-hybridized carbons (Fsp3) is 0.500. The molecule has 0 unspecified atom stereocenters. The van der Waals surface area contributed by atoms with Crippen LogP contribution in [0.15, 0.2) is 18.2 Å². The molecule has 1 aliphatic rings. The second kappa shape index (κ2) is 6.61. The molecule has 1 fully saturated rings. The molecule has 1 atom stereocenters. The number of aryl methyl sites for hydroxylation is 2. The zero-order valence-corrected chi connectivity index (χ0v) is 12.8. The minimum Gasteiger partial charge on any atom is -0.442 e. The van der Waals surface area contributed by atoms with Crippen molar-refractivity contribution in [2.24, 2.45) is 0 Å². The van der Waals surface area contributed by atoms with Gasteiger partial charge in [-0.15, -0.1) is 0 Å². The summed E-state index contributed by atoms with van der Waals surface area (Å²) in [5, 5.41) is 2.68. The van der Waals surface area contributed by atoms with Crippen LogP contribution in [0.3, 0.4) is 0 Å². The lowest BCUT2D eigenvalue weighted by Crippen LogP contribution is -2.33. The summed E-state index contributed by atoms with van der Waals surface area (Å²) < 4.78 is 5.28. The maximum atomic E-state index is 12.0. The summed E-state index contributed by atoms with van der Waals surface area (Å²) in [6.45, 7) is 6.49. The molecule has 1 N–H and O–H groups in total. The molecule has 21 heavy (non-hydrogen) atoms. The molecule has 0 saturated carbocycles. The monoisotopic (exact) mass is 290 g/mol. The largest absolute Gasteiger partial charge is 0.442 e. The number of cyclic esters (lactones) is 1. The highest BCUT2D eigenvalue weighted by molar-refractivity contribution is 5.90. The van der Waals surface area contributed by atoms with E-state index in [-0.39, 0.29) is 18.1 Å². The van der Waals surface area contributed by atoms with Gasteiger partial charge in [0.05, 0.1) is 13.1 Å². The zero-order chi connectivity index (χ0) is 15.4. The molecule has 0 spiro atoms. The minimum absolute atomic E-state index is 0.120. The van der Waals surface area contributed by atoms with E-state index in [1.807, 2.05) is 12.1 Å². The highest BCUT2D eigenvalue weighted by Gasteiger charge is 2.32. The Morgan fingerprint density at radius 2 is 2.24 bits per heavy atom. The second-order valence-electron chi connectivity index (χ2n) is 5.41. The lowest BCUT2D eigenvalue weighted by atomic mass is 10.0. The quantitative estimate of drug-likeness (QED) is 0.906. The molecule has 0 radical (unpaired) electrons. The van der Waals surface area contributed by atoms with E-state index in [4.69, 9.17) is 4.74 Å². The van der Waals surface area contributed by atoms with Gasteiger partial charge < -0.3 is 10.1 Å². The number of hydrogen-bond donors (Lipinski definition) is 1. The van der Waals surface area contributed by atoms with Gasteiger partial charge in [0.1, 0.15) is 6.10 Å². The van der Waals surface area contributed by atoms with Gasteiger partial charge in [-0.25, -0.2) is 4.79 Å². The molecule has 5 nitrogen and oxygen atoms in total. The standard InChI is InChI=1S/C16H22N2O3/c1-4-5-13-8-14(7-6-11(13)2)18-10-15(21-16(18)20)9-17-12(3)19/h6-8,15H,4-5,9-10H2,1-3H3,(H,17,19)/t15-/m0/s1.